The molecule has 1 aromatic carbocycles. The van der Waals surface area contributed by atoms with Crippen LogP contribution in [0.3, 0.4) is 0 Å². The van der Waals surface area contributed by atoms with Gasteiger partial charge in [0.1, 0.15) is 0 Å². The van der Waals surface area contributed by atoms with E-state index in [1.807, 2.05) is 23.1 Å². The van der Waals surface area contributed by atoms with Crippen molar-refractivity contribution in [2.75, 3.05) is 19.9 Å². The molecule has 0 radical (unpaired) electrons. The molecule has 4 heteroatoms. The Hall–Kier alpha value is -1.97. The van der Waals surface area contributed by atoms with Crippen LogP contribution in [0.15, 0.2) is 24.3 Å². The van der Waals surface area contributed by atoms with Crippen LogP contribution < -0.4 is 9.47 Å². The molecule has 1 amide bonds. The molecular weight excluding hydrogens is 278 g/mol. The van der Waals surface area contributed by atoms with E-state index in [0.717, 1.165) is 49.4 Å². The summed E-state index contributed by atoms with van der Waals surface area (Å²) in [6.45, 7) is 2.24. The number of ether oxygens (including phenoxy) is 2. The topological polar surface area (TPSA) is 38.8 Å². The third kappa shape index (κ3) is 3.81. The number of hydrogen-bond acceptors (Lipinski definition) is 3. The molecule has 0 spiro atoms. The van der Waals surface area contributed by atoms with Crippen LogP contribution in [-0.2, 0) is 4.79 Å². The SMILES string of the molecule is O=C(CCCC/C=C\c1ccc2c(c1)OCO2)N1CCCC1. The lowest BCUT2D eigenvalue weighted by Gasteiger charge is -2.14. The number of rotatable bonds is 6. The van der Waals surface area contributed by atoms with E-state index in [1.54, 1.807) is 0 Å². The molecule has 0 saturated carbocycles. The average molecular weight is 301 g/mol. The maximum absolute atomic E-state index is 11.9. The quantitative estimate of drug-likeness (QED) is 0.753. The molecule has 4 nitrogen and oxygen atoms in total. The number of nitrogens with zero attached hydrogens (tertiary/aromatic N) is 1. The lowest BCUT2D eigenvalue weighted by Crippen LogP contribution is -2.27. The zero-order chi connectivity index (χ0) is 15.2. The highest BCUT2D eigenvalue weighted by Gasteiger charge is 2.16. The van der Waals surface area contributed by atoms with E-state index in [4.69, 9.17) is 9.47 Å². The van der Waals surface area contributed by atoms with E-state index in [9.17, 15) is 4.79 Å². The Kier molecular flexibility index (Phi) is 4.99. The van der Waals surface area contributed by atoms with E-state index in [1.165, 1.54) is 12.8 Å². The summed E-state index contributed by atoms with van der Waals surface area (Å²) in [5.74, 6) is 1.97. The molecule has 118 valence electrons. The first-order chi connectivity index (χ1) is 10.8. The van der Waals surface area contributed by atoms with Gasteiger partial charge in [0.2, 0.25) is 12.7 Å². The molecule has 3 rings (SSSR count). The fourth-order valence-electron chi connectivity index (χ4n) is 2.90. The normalized spacial score (nSPS) is 16.6. The van der Waals surface area contributed by atoms with Crippen molar-refractivity contribution in [1.29, 1.82) is 0 Å². The summed E-state index contributed by atoms with van der Waals surface area (Å²) >= 11 is 0. The van der Waals surface area contributed by atoms with Crippen LogP contribution in [0.1, 0.15) is 44.1 Å². The minimum absolute atomic E-state index is 0.313. The Morgan fingerprint density at radius 3 is 2.82 bits per heavy atom. The Labute approximate surface area is 131 Å². The van der Waals surface area contributed by atoms with Gasteiger partial charge in [0, 0.05) is 19.5 Å². The third-order valence-electron chi connectivity index (χ3n) is 4.18. The maximum atomic E-state index is 11.9. The molecule has 22 heavy (non-hydrogen) atoms. The Morgan fingerprint density at radius 2 is 1.95 bits per heavy atom. The molecule has 0 N–H and O–H groups in total. The van der Waals surface area contributed by atoms with Crippen LogP contribution in [0.5, 0.6) is 11.5 Å². The Morgan fingerprint density at radius 1 is 1.14 bits per heavy atom. The lowest BCUT2D eigenvalue weighted by atomic mass is 10.1. The van der Waals surface area contributed by atoms with Crippen molar-refractivity contribution < 1.29 is 14.3 Å². The summed E-state index contributed by atoms with van der Waals surface area (Å²) in [5.41, 5.74) is 1.12. The summed E-state index contributed by atoms with van der Waals surface area (Å²) in [4.78, 5) is 13.9. The molecular formula is C18H23NO3. The number of likely N-dealkylation sites (tertiary alicyclic amines) is 1. The first kappa shape index (κ1) is 14.9. The van der Waals surface area contributed by atoms with Crippen LogP contribution in [0.25, 0.3) is 6.08 Å². The highest BCUT2D eigenvalue weighted by molar-refractivity contribution is 5.76. The molecule has 1 fully saturated rings. The second-order valence-electron chi connectivity index (χ2n) is 5.85. The first-order valence-electron chi connectivity index (χ1n) is 8.17. The number of carbonyl (C=O) groups excluding carboxylic acids is 1. The third-order valence-corrected chi connectivity index (χ3v) is 4.18. The van der Waals surface area contributed by atoms with Crippen molar-refractivity contribution in [1.82, 2.24) is 4.90 Å². The second-order valence-corrected chi connectivity index (χ2v) is 5.85. The second kappa shape index (κ2) is 7.34. The van der Waals surface area contributed by atoms with Crippen molar-refractivity contribution in [3.8, 4) is 11.5 Å². The van der Waals surface area contributed by atoms with Gasteiger partial charge in [-0.15, -0.1) is 0 Å². The number of hydrogen-bond donors (Lipinski definition) is 0. The first-order valence-corrected chi connectivity index (χ1v) is 8.17. The van der Waals surface area contributed by atoms with Crippen molar-refractivity contribution in [2.45, 2.75) is 38.5 Å². The van der Waals surface area contributed by atoms with E-state index in [2.05, 4.69) is 12.2 Å². The smallest absolute Gasteiger partial charge is 0.231 e. The van der Waals surface area contributed by atoms with Gasteiger partial charge in [-0.25, -0.2) is 0 Å². The highest BCUT2D eigenvalue weighted by Crippen LogP contribution is 2.32. The van der Waals surface area contributed by atoms with Crippen LogP contribution in [-0.4, -0.2) is 30.7 Å². The van der Waals surface area contributed by atoms with Gasteiger partial charge in [0.25, 0.3) is 0 Å². The fraction of sp³-hybridized carbons (Fsp3) is 0.500. The van der Waals surface area contributed by atoms with E-state index in [0.29, 0.717) is 19.1 Å². The average Bonchev–Trinajstić information content (AvgIpc) is 3.20. The van der Waals surface area contributed by atoms with Gasteiger partial charge in [0.05, 0.1) is 0 Å². The zero-order valence-electron chi connectivity index (χ0n) is 12.9. The zero-order valence-corrected chi connectivity index (χ0v) is 12.9. The van der Waals surface area contributed by atoms with Gasteiger partial charge in [-0.3, -0.25) is 4.79 Å². The maximum Gasteiger partial charge on any atom is 0.231 e. The molecule has 0 atom stereocenters. The van der Waals surface area contributed by atoms with Gasteiger partial charge in [-0.05, 0) is 49.8 Å². The molecule has 0 aliphatic carbocycles. The number of carbonyl (C=O) groups is 1. The van der Waals surface area contributed by atoms with Crippen LogP contribution in [0.2, 0.25) is 0 Å². The fourth-order valence-corrected chi connectivity index (χ4v) is 2.90. The number of amides is 1. The van der Waals surface area contributed by atoms with Crippen LogP contribution in [0, 0.1) is 0 Å². The number of allylic oxidation sites excluding steroid dienone is 1. The van der Waals surface area contributed by atoms with Crippen molar-refractivity contribution in [3.63, 3.8) is 0 Å². The predicted molar refractivity (Wildman–Crippen MR) is 85.9 cm³/mol. The van der Waals surface area contributed by atoms with Crippen LogP contribution in [0.4, 0.5) is 0 Å². The van der Waals surface area contributed by atoms with E-state index >= 15 is 0 Å². The van der Waals surface area contributed by atoms with Gasteiger partial charge < -0.3 is 14.4 Å². The monoisotopic (exact) mass is 301 g/mol. The molecule has 0 bridgehead atoms. The van der Waals surface area contributed by atoms with Gasteiger partial charge in [0.15, 0.2) is 11.5 Å². The Balaban J connectivity index is 1.35. The molecule has 1 saturated heterocycles. The largest absolute Gasteiger partial charge is 0.454 e. The summed E-state index contributed by atoms with van der Waals surface area (Å²) in [6, 6.07) is 5.97. The lowest BCUT2D eigenvalue weighted by molar-refractivity contribution is -0.130. The van der Waals surface area contributed by atoms with Gasteiger partial charge >= 0.3 is 0 Å². The summed E-state index contributed by atoms with van der Waals surface area (Å²) in [7, 11) is 0. The standard InChI is InChI=1S/C18H23NO3/c20-18(19-11-5-6-12-19)8-4-2-1-3-7-15-9-10-16-17(13-15)22-14-21-16/h3,7,9-10,13H,1-2,4-6,8,11-12,14H2/b7-3-. The Bertz CT molecular complexity index is 547. The summed E-state index contributed by atoms with van der Waals surface area (Å²) in [6.07, 6.45) is 10.3. The summed E-state index contributed by atoms with van der Waals surface area (Å²) < 4.78 is 10.7. The molecule has 1 aromatic rings. The van der Waals surface area contributed by atoms with E-state index < -0.39 is 0 Å². The highest BCUT2D eigenvalue weighted by atomic mass is 16.7. The number of fused-ring (bicyclic) bond motifs is 1. The summed E-state index contributed by atoms with van der Waals surface area (Å²) in [5, 5.41) is 0. The van der Waals surface area contributed by atoms with E-state index in [-0.39, 0.29) is 0 Å². The van der Waals surface area contributed by atoms with Crippen LogP contribution >= 0.6 is 0 Å². The molecule has 2 aliphatic rings. The minimum Gasteiger partial charge on any atom is -0.454 e. The molecule has 0 aromatic heterocycles. The molecule has 2 aliphatic heterocycles. The van der Waals surface area contributed by atoms with Crippen molar-refractivity contribution in [2.24, 2.45) is 0 Å². The minimum atomic E-state index is 0.313. The van der Waals surface area contributed by atoms with Gasteiger partial charge in [-0.1, -0.05) is 18.2 Å². The number of unbranched alkanes of at least 4 members (excludes halogenated alkanes) is 2. The number of benzene rings is 1. The van der Waals surface area contributed by atoms with Gasteiger partial charge in [-0.2, -0.15) is 0 Å². The predicted octanol–water partition coefficient (Wildman–Crippen LogP) is 3.61. The van der Waals surface area contributed by atoms with Crippen molar-refractivity contribution in [3.05, 3.63) is 29.8 Å². The molecule has 2 heterocycles. The van der Waals surface area contributed by atoms with Crippen molar-refractivity contribution >= 4 is 12.0 Å². The molecule has 0 unspecified atom stereocenters.